The lowest BCUT2D eigenvalue weighted by Gasteiger charge is -2.38. The number of piperidine rings is 1. The molecule has 1 aromatic carbocycles. The molecule has 3 fully saturated rings. The summed E-state index contributed by atoms with van der Waals surface area (Å²) in [6, 6.07) is 4.60. The number of β-amino-alcohol motifs (C(OH)–C–C–N with tert-alkyl or cyclic N) is 1. The molecular weight excluding hydrogens is 479 g/mol. The molecule has 2 heterocycles. The Labute approximate surface area is 211 Å². The Morgan fingerprint density at radius 1 is 1.21 bits per heavy atom. The van der Waals surface area contributed by atoms with Crippen molar-refractivity contribution >= 4 is 40.8 Å². The van der Waals surface area contributed by atoms with Crippen LogP contribution in [-0.2, 0) is 9.53 Å². The number of benzene rings is 1. The summed E-state index contributed by atoms with van der Waals surface area (Å²) in [5.41, 5.74) is 0.741. The molecule has 3 aliphatic rings. The summed E-state index contributed by atoms with van der Waals surface area (Å²) < 4.78 is 5.45. The number of methoxy groups -OCH3 is 1. The summed E-state index contributed by atoms with van der Waals surface area (Å²) >= 11 is 12.0. The van der Waals surface area contributed by atoms with E-state index in [2.05, 4.69) is 10.2 Å². The van der Waals surface area contributed by atoms with Gasteiger partial charge in [-0.1, -0.05) is 23.2 Å². The molecule has 2 N–H and O–H groups in total. The van der Waals surface area contributed by atoms with E-state index in [9.17, 15) is 14.7 Å². The number of aliphatic hydroxyl groups excluding tert-OH is 1. The van der Waals surface area contributed by atoms with Gasteiger partial charge in [0.25, 0.3) is 0 Å². The van der Waals surface area contributed by atoms with E-state index in [4.69, 9.17) is 27.9 Å². The second kappa shape index (κ2) is 11.0. The van der Waals surface area contributed by atoms with Crippen molar-refractivity contribution in [2.45, 2.75) is 44.2 Å². The van der Waals surface area contributed by atoms with E-state index in [-0.39, 0.29) is 35.9 Å². The number of aliphatic hydroxyl groups is 1. The number of carbonyl (C=O) groups excluding carboxylic acids is 2. The van der Waals surface area contributed by atoms with Gasteiger partial charge in [-0.05, 0) is 55.8 Å². The molecular formula is C24H34Cl2N4O4. The molecule has 1 aromatic rings. The molecule has 1 spiro atoms. The maximum Gasteiger partial charge on any atom is 0.321 e. The SMILES string of the molecule is COC[C@H](CCN1CCC2(CC2)[C@H](O)C1)N1CCN(C(=O)Nc2ccc(Cl)c(Cl)c2)CCC1=O. The minimum atomic E-state index is -0.271. The number of nitrogens with zero attached hydrogens (tertiary/aromatic N) is 3. The summed E-state index contributed by atoms with van der Waals surface area (Å²) in [5, 5.41) is 14.1. The highest BCUT2D eigenvalue weighted by atomic mass is 35.5. The third-order valence-corrected chi connectivity index (χ3v) is 8.26. The van der Waals surface area contributed by atoms with Crippen molar-refractivity contribution in [2.75, 3.05) is 58.3 Å². The molecule has 188 valence electrons. The molecule has 34 heavy (non-hydrogen) atoms. The number of nitrogens with one attached hydrogen (secondary N) is 1. The number of hydrogen-bond donors (Lipinski definition) is 2. The van der Waals surface area contributed by atoms with Crippen LogP contribution in [0.1, 0.15) is 32.1 Å². The lowest BCUT2D eigenvalue weighted by molar-refractivity contribution is -0.134. The van der Waals surface area contributed by atoms with E-state index in [0.717, 1.165) is 38.8 Å². The zero-order valence-electron chi connectivity index (χ0n) is 19.6. The van der Waals surface area contributed by atoms with Crippen LogP contribution in [-0.4, -0.2) is 96.9 Å². The van der Waals surface area contributed by atoms with E-state index >= 15 is 0 Å². The van der Waals surface area contributed by atoms with Crippen molar-refractivity contribution in [1.82, 2.24) is 14.7 Å². The zero-order valence-corrected chi connectivity index (χ0v) is 21.2. The molecule has 0 unspecified atom stereocenters. The fourth-order valence-electron chi connectivity index (χ4n) is 5.08. The quantitative estimate of drug-likeness (QED) is 0.585. The first-order chi connectivity index (χ1) is 16.3. The normalized spacial score (nSPS) is 23.6. The van der Waals surface area contributed by atoms with Gasteiger partial charge in [-0.3, -0.25) is 4.79 Å². The molecule has 2 atom stereocenters. The van der Waals surface area contributed by atoms with Crippen molar-refractivity contribution in [1.29, 1.82) is 0 Å². The van der Waals surface area contributed by atoms with Crippen molar-refractivity contribution in [3.8, 4) is 0 Å². The van der Waals surface area contributed by atoms with Crippen molar-refractivity contribution in [3.05, 3.63) is 28.2 Å². The van der Waals surface area contributed by atoms with Gasteiger partial charge in [0.2, 0.25) is 5.91 Å². The largest absolute Gasteiger partial charge is 0.391 e. The van der Waals surface area contributed by atoms with Crippen molar-refractivity contribution < 1.29 is 19.4 Å². The van der Waals surface area contributed by atoms with E-state index in [1.807, 2.05) is 4.90 Å². The predicted octanol–water partition coefficient (Wildman–Crippen LogP) is 3.31. The third-order valence-electron chi connectivity index (χ3n) is 7.52. The van der Waals surface area contributed by atoms with E-state index in [1.54, 1.807) is 30.2 Å². The summed E-state index contributed by atoms with van der Waals surface area (Å²) in [5.74, 6) is 0.0301. The highest BCUT2D eigenvalue weighted by molar-refractivity contribution is 6.42. The van der Waals surface area contributed by atoms with Crippen LogP contribution in [0.3, 0.4) is 0 Å². The monoisotopic (exact) mass is 512 g/mol. The number of halogens is 2. The smallest absolute Gasteiger partial charge is 0.321 e. The van der Waals surface area contributed by atoms with Gasteiger partial charge in [0, 0.05) is 51.9 Å². The first-order valence-electron chi connectivity index (χ1n) is 12.0. The lowest BCUT2D eigenvalue weighted by Crippen LogP contribution is -2.49. The molecule has 3 amide bonds. The average Bonchev–Trinajstić information content (AvgIpc) is 3.61. The van der Waals surface area contributed by atoms with Crippen LogP contribution in [0.4, 0.5) is 10.5 Å². The average molecular weight is 513 g/mol. The Kier molecular flexibility index (Phi) is 8.25. The molecule has 4 rings (SSSR count). The van der Waals surface area contributed by atoms with Gasteiger partial charge in [-0.2, -0.15) is 0 Å². The number of amides is 3. The maximum atomic E-state index is 13.0. The second-order valence-corrected chi connectivity index (χ2v) is 10.5. The highest BCUT2D eigenvalue weighted by Crippen LogP contribution is 2.53. The minimum absolute atomic E-state index is 0.0301. The third kappa shape index (κ3) is 5.97. The van der Waals surface area contributed by atoms with Gasteiger partial charge in [-0.25, -0.2) is 4.79 Å². The number of carbonyl (C=O) groups is 2. The second-order valence-electron chi connectivity index (χ2n) is 9.71. The summed E-state index contributed by atoms with van der Waals surface area (Å²) in [7, 11) is 1.65. The Bertz CT molecular complexity index is 898. The minimum Gasteiger partial charge on any atom is -0.391 e. The van der Waals surface area contributed by atoms with Gasteiger partial charge in [0.05, 0.1) is 28.8 Å². The van der Waals surface area contributed by atoms with Crippen LogP contribution in [0.25, 0.3) is 0 Å². The van der Waals surface area contributed by atoms with Gasteiger partial charge in [0.1, 0.15) is 0 Å². The molecule has 0 aromatic heterocycles. The van der Waals surface area contributed by atoms with Crippen LogP contribution in [0.2, 0.25) is 10.0 Å². The zero-order chi connectivity index (χ0) is 24.3. The topological polar surface area (TPSA) is 85.3 Å². The molecule has 0 radical (unpaired) electrons. The molecule has 0 bridgehead atoms. The van der Waals surface area contributed by atoms with Crippen LogP contribution >= 0.6 is 23.2 Å². The van der Waals surface area contributed by atoms with Crippen molar-refractivity contribution in [3.63, 3.8) is 0 Å². The van der Waals surface area contributed by atoms with Crippen LogP contribution in [0, 0.1) is 5.41 Å². The standard InChI is InChI=1S/C24H34Cl2N4O4/c1-34-16-18(4-9-28-11-8-24(6-7-24)21(31)15-28)30-13-12-29(10-5-22(30)32)23(33)27-17-2-3-19(25)20(26)14-17/h2-3,14,18,21,31H,4-13,15-16H2,1H3,(H,27,33)/t18-,21+/m0/s1. The number of rotatable bonds is 7. The van der Waals surface area contributed by atoms with Crippen molar-refractivity contribution in [2.24, 2.45) is 5.41 Å². The summed E-state index contributed by atoms with van der Waals surface area (Å²) in [6.45, 7) is 4.19. The fourth-order valence-corrected chi connectivity index (χ4v) is 5.38. The molecule has 2 aliphatic heterocycles. The van der Waals surface area contributed by atoms with E-state index < -0.39 is 0 Å². The molecule has 8 nitrogen and oxygen atoms in total. The molecule has 1 aliphatic carbocycles. The number of urea groups is 1. The lowest BCUT2D eigenvalue weighted by atomic mass is 9.90. The molecule has 2 saturated heterocycles. The van der Waals surface area contributed by atoms with Crippen LogP contribution in [0.15, 0.2) is 18.2 Å². The van der Waals surface area contributed by atoms with Gasteiger partial charge < -0.3 is 29.9 Å². The molecule has 1 saturated carbocycles. The maximum absolute atomic E-state index is 13.0. The molecule has 10 heteroatoms. The fraction of sp³-hybridized carbons (Fsp3) is 0.667. The number of hydrogen-bond acceptors (Lipinski definition) is 5. The Balaban J connectivity index is 1.31. The summed E-state index contributed by atoms with van der Waals surface area (Å²) in [6.07, 6.45) is 4.13. The summed E-state index contributed by atoms with van der Waals surface area (Å²) in [4.78, 5) is 31.6. The number of anilines is 1. The van der Waals surface area contributed by atoms with Crippen LogP contribution in [0.5, 0.6) is 0 Å². The predicted molar refractivity (Wildman–Crippen MR) is 132 cm³/mol. The van der Waals surface area contributed by atoms with E-state index in [0.29, 0.717) is 48.5 Å². The van der Waals surface area contributed by atoms with Crippen LogP contribution < -0.4 is 5.32 Å². The van der Waals surface area contributed by atoms with Gasteiger partial charge in [0.15, 0.2) is 0 Å². The van der Waals surface area contributed by atoms with E-state index in [1.165, 1.54) is 0 Å². The van der Waals surface area contributed by atoms with Gasteiger partial charge in [-0.15, -0.1) is 0 Å². The Hall–Kier alpha value is -1.58. The highest BCUT2D eigenvalue weighted by Gasteiger charge is 2.51. The number of likely N-dealkylation sites (tertiary alicyclic amines) is 1. The first kappa shape index (κ1) is 25.5. The first-order valence-corrected chi connectivity index (χ1v) is 12.8. The van der Waals surface area contributed by atoms with Gasteiger partial charge >= 0.3 is 6.03 Å². The number of ether oxygens (including phenoxy) is 1. The Morgan fingerprint density at radius 3 is 2.68 bits per heavy atom. The Morgan fingerprint density at radius 2 is 2.00 bits per heavy atom.